The molecule has 0 aliphatic carbocycles. The van der Waals surface area contributed by atoms with Crippen LogP contribution in [-0.2, 0) is 4.79 Å². The molecule has 1 aromatic rings. The van der Waals surface area contributed by atoms with E-state index in [2.05, 4.69) is 20.6 Å². The Hall–Kier alpha value is -2.20. The summed E-state index contributed by atoms with van der Waals surface area (Å²) in [5.74, 6) is 0.553. The van der Waals surface area contributed by atoms with Crippen LogP contribution in [0.4, 0.5) is 5.82 Å². The molecule has 1 unspecified atom stereocenters. The van der Waals surface area contributed by atoms with E-state index in [1.165, 1.54) is 12.4 Å². The van der Waals surface area contributed by atoms with E-state index in [0.717, 1.165) is 6.54 Å². The van der Waals surface area contributed by atoms with E-state index in [0.29, 0.717) is 18.9 Å². The molecule has 1 saturated heterocycles. The molecule has 1 atom stereocenters. The van der Waals surface area contributed by atoms with E-state index >= 15 is 0 Å². The molecule has 0 bridgehead atoms. The van der Waals surface area contributed by atoms with Crippen LogP contribution in [0.25, 0.3) is 0 Å². The number of aromatic nitrogens is 2. The van der Waals surface area contributed by atoms with Gasteiger partial charge in [0.2, 0.25) is 5.91 Å². The zero-order valence-electron chi connectivity index (χ0n) is 10.1. The number of rotatable bonds is 2. The molecule has 0 radical (unpaired) electrons. The number of carbonyl (C=O) groups excluding carboxylic acids is 1. The lowest BCUT2D eigenvalue weighted by Gasteiger charge is -2.35. The van der Waals surface area contributed by atoms with Crippen molar-refractivity contribution in [3.63, 3.8) is 0 Å². The van der Waals surface area contributed by atoms with Gasteiger partial charge in [0.15, 0.2) is 5.69 Å². The Balaban J connectivity index is 2.22. The van der Waals surface area contributed by atoms with Crippen molar-refractivity contribution in [1.82, 2.24) is 20.6 Å². The Morgan fingerprint density at radius 3 is 3.06 bits per heavy atom. The number of hydrogen-bond donors (Lipinski definition) is 2. The highest BCUT2D eigenvalue weighted by Gasteiger charge is 2.28. The minimum absolute atomic E-state index is 0.0617. The maximum Gasteiger partial charge on any atom is 0.243 e. The molecule has 1 aliphatic heterocycles. The molecule has 7 heteroatoms. The van der Waals surface area contributed by atoms with Crippen molar-refractivity contribution in [2.24, 2.45) is 0 Å². The first-order valence-electron chi connectivity index (χ1n) is 5.67. The average molecular weight is 246 g/mol. The van der Waals surface area contributed by atoms with Crippen molar-refractivity contribution in [2.45, 2.75) is 6.04 Å². The monoisotopic (exact) mass is 246 g/mol. The van der Waals surface area contributed by atoms with Crippen LogP contribution in [0.3, 0.4) is 0 Å². The van der Waals surface area contributed by atoms with Crippen molar-refractivity contribution < 1.29 is 4.79 Å². The molecule has 2 N–H and O–H groups in total. The predicted octanol–water partition coefficient (Wildman–Crippen LogP) is -1.13. The lowest BCUT2D eigenvalue weighted by Crippen LogP contribution is -2.57. The first-order valence-corrected chi connectivity index (χ1v) is 5.67. The van der Waals surface area contributed by atoms with Gasteiger partial charge in [-0.1, -0.05) is 0 Å². The van der Waals surface area contributed by atoms with E-state index in [9.17, 15) is 4.79 Å². The first-order chi connectivity index (χ1) is 8.76. The zero-order valence-corrected chi connectivity index (χ0v) is 10.1. The normalized spacial score (nSPS) is 19.1. The lowest BCUT2D eigenvalue weighted by atomic mass is 10.2. The topological polar surface area (TPSA) is 93.9 Å². The van der Waals surface area contributed by atoms with Gasteiger partial charge in [0, 0.05) is 26.7 Å². The molecule has 1 amide bonds. The fraction of sp³-hybridized carbons (Fsp3) is 0.455. The Labute approximate surface area is 105 Å². The largest absolute Gasteiger partial charge is 0.357 e. The number of likely N-dealkylation sites (N-methyl/N-ethyl adjacent to an activating group) is 1. The molecule has 2 heterocycles. The molecule has 0 aromatic carbocycles. The van der Waals surface area contributed by atoms with Gasteiger partial charge in [-0.3, -0.25) is 4.79 Å². The van der Waals surface area contributed by atoms with Crippen LogP contribution in [-0.4, -0.2) is 48.6 Å². The Morgan fingerprint density at radius 1 is 1.61 bits per heavy atom. The van der Waals surface area contributed by atoms with Gasteiger partial charge in [-0.25, -0.2) is 9.97 Å². The van der Waals surface area contributed by atoms with E-state index in [1.807, 2.05) is 11.0 Å². The van der Waals surface area contributed by atoms with Crippen LogP contribution in [0.1, 0.15) is 5.69 Å². The van der Waals surface area contributed by atoms with E-state index in [4.69, 9.17) is 5.26 Å². The highest BCUT2D eigenvalue weighted by Crippen LogP contribution is 2.14. The molecule has 2 rings (SSSR count). The van der Waals surface area contributed by atoms with Crippen LogP contribution in [0.5, 0.6) is 0 Å². The molecule has 1 aliphatic rings. The highest BCUT2D eigenvalue weighted by atomic mass is 16.2. The fourth-order valence-electron chi connectivity index (χ4n) is 1.91. The second-order valence-corrected chi connectivity index (χ2v) is 3.90. The zero-order chi connectivity index (χ0) is 13.0. The summed E-state index contributed by atoms with van der Waals surface area (Å²) in [5.41, 5.74) is 0.269. The van der Waals surface area contributed by atoms with Gasteiger partial charge < -0.3 is 15.5 Å². The average Bonchev–Trinajstić information content (AvgIpc) is 2.46. The van der Waals surface area contributed by atoms with Gasteiger partial charge >= 0.3 is 0 Å². The molecule has 7 nitrogen and oxygen atoms in total. The third kappa shape index (κ3) is 2.38. The second kappa shape index (κ2) is 5.42. The fourth-order valence-corrected chi connectivity index (χ4v) is 1.91. The van der Waals surface area contributed by atoms with Gasteiger partial charge in [-0.05, 0) is 0 Å². The quantitative estimate of drug-likeness (QED) is 0.686. The van der Waals surface area contributed by atoms with Gasteiger partial charge in [0.1, 0.15) is 17.9 Å². The minimum Gasteiger partial charge on any atom is -0.357 e. The predicted molar refractivity (Wildman–Crippen MR) is 64.8 cm³/mol. The number of nitrogens with zero attached hydrogens (tertiary/aromatic N) is 4. The van der Waals surface area contributed by atoms with Gasteiger partial charge in [0.25, 0.3) is 0 Å². The third-order valence-electron chi connectivity index (χ3n) is 2.84. The van der Waals surface area contributed by atoms with E-state index < -0.39 is 0 Å². The maximum atomic E-state index is 11.8. The molecule has 94 valence electrons. The maximum absolute atomic E-state index is 11.8. The molecular formula is C11H14N6O. The summed E-state index contributed by atoms with van der Waals surface area (Å²) in [7, 11) is 1.61. The van der Waals surface area contributed by atoms with Crippen LogP contribution in [0.15, 0.2) is 12.4 Å². The molecule has 18 heavy (non-hydrogen) atoms. The highest BCUT2D eigenvalue weighted by molar-refractivity contribution is 5.85. The Morgan fingerprint density at radius 2 is 2.44 bits per heavy atom. The first kappa shape index (κ1) is 12.3. The number of piperazine rings is 1. The molecule has 1 aromatic heterocycles. The van der Waals surface area contributed by atoms with Crippen LogP contribution >= 0.6 is 0 Å². The standard InChI is InChI=1S/C11H14N6O/c1-13-11(18)9-6-14-2-3-17(9)10-7-15-8(4-12)5-16-10/h5,7,9,14H,2-3,6H2,1H3,(H,13,18). The summed E-state index contributed by atoms with van der Waals surface area (Å²) in [4.78, 5) is 21.8. The summed E-state index contributed by atoms with van der Waals surface area (Å²) in [6.07, 6.45) is 2.94. The van der Waals surface area contributed by atoms with Crippen molar-refractivity contribution in [3.8, 4) is 6.07 Å². The van der Waals surface area contributed by atoms with Crippen molar-refractivity contribution in [2.75, 3.05) is 31.6 Å². The molecule has 0 saturated carbocycles. The summed E-state index contributed by atoms with van der Waals surface area (Å²) >= 11 is 0. The van der Waals surface area contributed by atoms with Crippen molar-refractivity contribution >= 4 is 11.7 Å². The molecule has 1 fully saturated rings. The number of anilines is 1. The number of hydrogen-bond acceptors (Lipinski definition) is 6. The smallest absolute Gasteiger partial charge is 0.243 e. The summed E-state index contributed by atoms with van der Waals surface area (Å²) < 4.78 is 0. The van der Waals surface area contributed by atoms with Crippen LogP contribution in [0, 0.1) is 11.3 Å². The molecule has 0 spiro atoms. The van der Waals surface area contributed by atoms with Crippen LogP contribution < -0.4 is 15.5 Å². The summed E-state index contributed by atoms with van der Waals surface area (Å²) in [6, 6.07) is 1.62. The van der Waals surface area contributed by atoms with Crippen molar-refractivity contribution in [1.29, 1.82) is 5.26 Å². The van der Waals surface area contributed by atoms with Crippen LogP contribution in [0.2, 0.25) is 0 Å². The Bertz CT molecular complexity index is 465. The lowest BCUT2D eigenvalue weighted by molar-refractivity contribution is -0.122. The van der Waals surface area contributed by atoms with Gasteiger partial charge in [-0.15, -0.1) is 0 Å². The number of nitrogens with one attached hydrogen (secondary N) is 2. The number of amides is 1. The number of carbonyl (C=O) groups is 1. The van der Waals surface area contributed by atoms with Gasteiger partial charge in [0.05, 0.1) is 12.4 Å². The van der Waals surface area contributed by atoms with E-state index in [-0.39, 0.29) is 17.6 Å². The minimum atomic E-state index is -0.300. The third-order valence-corrected chi connectivity index (χ3v) is 2.84. The summed E-state index contributed by atoms with van der Waals surface area (Å²) in [6.45, 7) is 2.04. The van der Waals surface area contributed by atoms with Gasteiger partial charge in [-0.2, -0.15) is 5.26 Å². The summed E-state index contributed by atoms with van der Waals surface area (Å²) in [5, 5.41) is 14.5. The Kier molecular flexibility index (Phi) is 3.69. The van der Waals surface area contributed by atoms with E-state index in [1.54, 1.807) is 7.05 Å². The molecular weight excluding hydrogens is 232 g/mol. The number of nitriles is 1. The van der Waals surface area contributed by atoms with Crippen molar-refractivity contribution in [3.05, 3.63) is 18.1 Å². The SMILES string of the molecule is CNC(=O)C1CNCCN1c1cnc(C#N)cn1. The second-order valence-electron chi connectivity index (χ2n) is 3.90.